The van der Waals surface area contributed by atoms with E-state index in [4.69, 9.17) is 23.2 Å². The quantitative estimate of drug-likeness (QED) is 0.252. The van der Waals surface area contributed by atoms with Crippen molar-refractivity contribution >= 4 is 50.7 Å². The molecule has 10 heteroatoms. The molecule has 0 saturated heterocycles. The highest BCUT2D eigenvalue weighted by Crippen LogP contribution is 2.29. The summed E-state index contributed by atoms with van der Waals surface area (Å²) in [5.74, 6) is -0.888. The number of anilines is 1. The summed E-state index contributed by atoms with van der Waals surface area (Å²) < 4.78 is 29.0. The van der Waals surface area contributed by atoms with Crippen molar-refractivity contribution < 1.29 is 18.0 Å². The molecule has 0 radical (unpaired) electrons. The standard InChI is InChI=1S/C30H35Cl2N3O4S/c1-5-6-16-33-30(37)23(4)34(19-24-14-15-25(31)18-27(24)32)29(36)20-35(28-17-21(2)12-13-22(28)3)40(38,39)26-10-8-7-9-11-26/h7-15,17-18,23H,5-6,16,19-20H2,1-4H3,(H,33,37). The average molecular weight is 605 g/mol. The molecule has 7 nitrogen and oxygen atoms in total. The van der Waals surface area contributed by atoms with E-state index in [1.54, 1.807) is 56.3 Å². The maximum Gasteiger partial charge on any atom is 0.264 e. The van der Waals surface area contributed by atoms with E-state index in [0.29, 0.717) is 33.4 Å². The number of amides is 2. The van der Waals surface area contributed by atoms with Gasteiger partial charge in [-0.1, -0.05) is 72.9 Å². The molecule has 0 saturated carbocycles. The van der Waals surface area contributed by atoms with Crippen LogP contribution in [0, 0.1) is 13.8 Å². The third kappa shape index (κ3) is 7.77. The summed E-state index contributed by atoms with van der Waals surface area (Å²) in [5, 5.41) is 3.64. The molecule has 3 aromatic rings. The first-order chi connectivity index (χ1) is 18.9. The molecule has 214 valence electrons. The van der Waals surface area contributed by atoms with E-state index >= 15 is 0 Å². The fourth-order valence-electron chi connectivity index (χ4n) is 4.17. The highest BCUT2D eigenvalue weighted by atomic mass is 35.5. The molecule has 0 fully saturated rings. The molecule has 2 amide bonds. The minimum absolute atomic E-state index is 0.0107. The first-order valence-corrected chi connectivity index (χ1v) is 15.3. The zero-order valence-corrected chi connectivity index (χ0v) is 25.5. The molecule has 0 heterocycles. The van der Waals surface area contributed by atoms with Gasteiger partial charge >= 0.3 is 0 Å². The van der Waals surface area contributed by atoms with Crippen LogP contribution in [0.1, 0.15) is 43.4 Å². The smallest absolute Gasteiger partial charge is 0.264 e. The fourth-order valence-corrected chi connectivity index (χ4v) is 6.13. The Hall–Kier alpha value is -3.07. The number of nitrogens with one attached hydrogen (secondary N) is 1. The van der Waals surface area contributed by atoms with Crippen molar-refractivity contribution in [2.75, 3.05) is 17.4 Å². The Morgan fingerprint density at radius 3 is 2.33 bits per heavy atom. The normalized spacial score (nSPS) is 12.1. The number of nitrogens with zero attached hydrogens (tertiary/aromatic N) is 2. The van der Waals surface area contributed by atoms with Gasteiger partial charge in [0, 0.05) is 23.1 Å². The van der Waals surface area contributed by atoms with Gasteiger partial charge < -0.3 is 10.2 Å². The Balaban J connectivity index is 2.05. The van der Waals surface area contributed by atoms with Gasteiger partial charge in [-0.25, -0.2) is 8.42 Å². The van der Waals surface area contributed by atoms with Gasteiger partial charge in [-0.3, -0.25) is 13.9 Å². The number of hydrogen-bond donors (Lipinski definition) is 1. The molecule has 1 N–H and O–H groups in total. The Labute approximate surface area is 247 Å². The number of benzene rings is 3. The third-order valence-corrected chi connectivity index (χ3v) is 8.96. The van der Waals surface area contributed by atoms with Gasteiger partial charge in [0.15, 0.2) is 0 Å². The van der Waals surface area contributed by atoms with Gasteiger partial charge in [0.05, 0.1) is 10.6 Å². The molecule has 0 aliphatic heterocycles. The molecule has 0 aliphatic carbocycles. The van der Waals surface area contributed by atoms with E-state index < -0.39 is 28.5 Å². The van der Waals surface area contributed by atoms with Crippen LogP contribution in [0.25, 0.3) is 0 Å². The molecule has 1 unspecified atom stereocenters. The lowest BCUT2D eigenvalue weighted by molar-refractivity contribution is -0.139. The van der Waals surface area contributed by atoms with Gasteiger partial charge in [-0.15, -0.1) is 0 Å². The van der Waals surface area contributed by atoms with Crippen molar-refractivity contribution in [2.24, 2.45) is 0 Å². The van der Waals surface area contributed by atoms with Crippen molar-refractivity contribution in [3.63, 3.8) is 0 Å². The van der Waals surface area contributed by atoms with Crippen LogP contribution >= 0.6 is 23.2 Å². The molecule has 0 spiro atoms. The maximum absolute atomic E-state index is 14.0. The highest BCUT2D eigenvalue weighted by molar-refractivity contribution is 7.92. The molecular formula is C30H35Cl2N3O4S. The summed E-state index contributed by atoms with van der Waals surface area (Å²) in [7, 11) is -4.13. The summed E-state index contributed by atoms with van der Waals surface area (Å²) in [4.78, 5) is 28.5. The number of unbranched alkanes of at least 4 members (excludes halogenated alkanes) is 1. The molecule has 3 aromatic carbocycles. The molecule has 1 atom stereocenters. The van der Waals surface area contributed by atoms with Gasteiger partial charge in [-0.2, -0.15) is 0 Å². The lowest BCUT2D eigenvalue weighted by Gasteiger charge is -2.32. The van der Waals surface area contributed by atoms with Crippen molar-refractivity contribution in [2.45, 2.75) is 58.0 Å². The van der Waals surface area contributed by atoms with Gasteiger partial charge in [0.2, 0.25) is 11.8 Å². The average Bonchev–Trinajstić information content (AvgIpc) is 2.92. The van der Waals surface area contributed by atoms with Gasteiger partial charge in [0.1, 0.15) is 12.6 Å². The summed E-state index contributed by atoms with van der Waals surface area (Å²) in [5.41, 5.74) is 2.50. The van der Waals surface area contributed by atoms with Crippen molar-refractivity contribution in [3.05, 3.63) is 93.5 Å². The Morgan fingerprint density at radius 1 is 0.975 bits per heavy atom. The zero-order chi connectivity index (χ0) is 29.4. The number of hydrogen-bond acceptors (Lipinski definition) is 4. The Morgan fingerprint density at radius 2 is 1.68 bits per heavy atom. The molecule has 0 aliphatic rings. The first-order valence-electron chi connectivity index (χ1n) is 13.1. The predicted octanol–water partition coefficient (Wildman–Crippen LogP) is 6.14. The number of sulfonamides is 1. The minimum atomic E-state index is -4.13. The number of halogens is 2. The number of carbonyl (C=O) groups is 2. The Bertz CT molecular complexity index is 1450. The number of rotatable bonds is 12. The number of aryl methyl sites for hydroxylation is 2. The van der Waals surface area contributed by atoms with Crippen LogP contribution in [0.2, 0.25) is 10.0 Å². The van der Waals surface area contributed by atoms with Crippen LogP contribution in [0.4, 0.5) is 5.69 Å². The van der Waals surface area contributed by atoms with Crippen molar-refractivity contribution in [1.82, 2.24) is 10.2 Å². The Kier molecular flexibility index (Phi) is 11.0. The van der Waals surface area contributed by atoms with Crippen LogP contribution in [0.3, 0.4) is 0 Å². The summed E-state index contributed by atoms with van der Waals surface area (Å²) in [6.45, 7) is 7.24. The van der Waals surface area contributed by atoms with Gasteiger partial charge in [-0.05, 0) is 74.2 Å². The third-order valence-electron chi connectivity index (χ3n) is 6.60. The minimum Gasteiger partial charge on any atom is -0.354 e. The van der Waals surface area contributed by atoms with Crippen LogP contribution < -0.4 is 9.62 Å². The van der Waals surface area contributed by atoms with Crippen LogP contribution in [0.5, 0.6) is 0 Å². The zero-order valence-electron chi connectivity index (χ0n) is 23.2. The summed E-state index contributed by atoms with van der Waals surface area (Å²) in [6.07, 6.45) is 1.70. The van der Waals surface area contributed by atoms with Crippen LogP contribution in [0.15, 0.2) is 71.6 Å². The lowest BCUT2D eigenvalue weighted by atomic mass is 10.1. The van der Waals surface area contributed by atoms with Crippen LogP contribution in [-0.2, 0) is 26.2 Å². The maximum atomic E-state index is 14.0. The summed E-state index contributed by atoms with van der Waals surface area (Å²) >= 11 is 12.5. The highest BCUT2D eigenvalue weighted by Gasteiger charge is 2.33. The topological polar surface area (TPSA) is 86.8 Å². The van der Waals surface area contributed by atoms with Crippen molar-refractivity contribution in [3.8, 4) is 0 Å². The van der Waals surface area contributed by atoms with E-state index in [1.165, 1.54) is 17.0 Å². The fraction of sp³-hybridized carbons (Fsp3) is 0.333. The molecule has 40 heavy (non-hydrogen) atoms. The second-order valence-corrected chi connectivity index (χ2v) is 12.4. The van der Waals surface area contributed by atoms with Crippen LogP contribution in [-0.4, -0.2) is 44.3 Å². The van der Waals surface area contributed by atoms with E-state index in [2.05, 4.69) is 5.32 Å². The molecule has 0 aromatic heterocycles. The monoisotopic (exact) mass is 603 g/mol. The first kappa shape index (κ1) is 31.5. The lowest BCUT2D eigenvalue weighted by Crippen LogP contribution is -2.51. The summed E-state index contributed by atoms with van der Waals surface area (Å²) in [6, 6.07) is 17.4. The largest absolute Gasteiger partial charge is 0.354 e. The SMILES string of the molecule is CCCCNC(=O)C(C)N(Cc1ccc(Cl)cc1Cl)C(=O)CN(c1cc(C)ccc1C)S(=O)(=O)c1ccccc1. The number of carbonyl (C=O) groups excluding carboxylic acids is 2. The van der Waals surface area contributed by atoms with E-state index in [-0.39, 0.29) is 17.3 Å². The van der Waals surface area contributed by atoms with E-state index in [9.17, 15) is 18.0 Å². The molecule has 3 rings (SSSR count). The molecular weight excluding hydrogens is 569 g/mol. The molecule has 0 bridgehead atoms. The second-order valence-electron chi connectivity index (χ2n) is 9.69. The van der Waals surface area contributed by atoms with E-state index in [1.807, 2.05) is 26.0 Å². The van der Waals surface area contributed by atoms with Gasteiger partial charge in [0.25, 0.3) is 10.0 Å². The van der Waals surface area contributed by atoms with Crippen molar-refractivity contribution in [1.29, 1.82) is 0 Å². The van der Waals surface area contributed by atoms with E-state index in [0.717, 1.165) is 22.7 Å². The second kappa shape index (κ2) is 14.0. The predicted molar refractivity (Wildman–Crippen MR) is 161 cm³/mol.